The largest absolute Gasteiger partial charge is 0.416 e. The fraction of sp³-hybridized carbons (Fsp3) is 0.312. The van der Waals surface area contributed by atoms with Crippen LogP contribution in [0.3, 0.4) is 0 Å². The Morgan fingerprint density at radius 1 is 1.20 bits per heavy atom. The normalized spacial score (nSPS) is 15.7. The number of alkyl halides is 3. The lowest BCUT2D eigenvalue weighted by Gasteiger charge is -2.19. The van der Waals surface area contributed by atoms with Crippen LogP contribution in [0.25, 0.3) is 0 Å². The average molecular weight is 354 g/mol. The Morgan fingerprint density at radius 2 is 1.92 bits per heavy atom. The number of aromatic nitrogens is 2. The van der Waals surface area contributed by atoms with Gasteiger partial charge in [0.25, 0.3) is 5.91 Å². The summed E-state index contributed by atoms with van der Waals surface area (Å²) in [7, 11) is 0. The number of amides is 1. The van der Waals surface area contributed by atoms with E-state index in [-0.39, 0.29) is 12.2 Å². The quantitative estimate of drug-likeness (QED) is 0.809. The van der Waals surface area contributed by atoms with Gasteiger partial charge in [-0.3, -0.25) is 4.79 Å². The van der Waals surface area contributed by atoms with E-state index in [9.17, 15) is 22.4 Å². The molecule has 25 heavy (non-hydrogen) atoms. The van der Waals surface area contributed by atoms with E-state index in [0.29, 0.717) is 30.3 Å². The number of nitrogens with zero attached hydrogens (tertiary/aromatic N) is 2. The van der Waals surface area contributed by atoms with Crippen molar-refractivity contribution in [3.05, 3.63) is 53.0 Å². The summed E-state index contributed by atoms with van der Waals surface area (Å²) < 4.78 is 52.2. The van der Waals surface area contributed by atoms with Crippen molar-refractivity contribution in [3.63, 3.8) is 0 Å². The first-order valence-electron chi connectivity index (χ1n) is 7.45. The van der Waals surface area contributed by atoms with E-state index in [0.717, 1.165) is 12.1 Å². The summed E-state index contributed by atoms with van der Waals surface area (Å²) in [6.07, 6.45) is -3.34. The number of benzene rings is 1. The first-order chi connectivity index (χ1) is 11.7. The van der Waals surface area contributed by atoms with Crippen LogP contribution in [0.5, 0.6) is 0 Å². The number of carbonyl (C=O) groups is 1. The summed E-state index contributed by atoms with van der Waals surface area (Å²) in [4.78, 5) is 10.9. The highest BCUT2D eigenvalue weighted by molar-refractivity contribution is 5.90. The third-order valence-corrected chi connectivity index (χ3v) is 4.22. The number of primary amides is 1. The molecule has 1 aromatic heterocycles. The van der Waals surface area contributed by atoms with E-state index >= 15 is 0 Å². The maximum atomic E-state index is 13.6. The van der Waals surface area contributed by atoms with Crippen LogP contribution in [0.4, 0.5) is 23.4 Å². The Morgan fingerprint density at radius 3 is 2.44 bits per heavy atom. The van der Waals surface area contributed by atoms with E-state index < -0.39 is 28.9 Å². The molecule has 1 aromatic carbocycles. The van der Waals surface area contributed by atoms with E-state index in [1.54, 1.807) is 0 Å². The zero-order chi connectivity index (χ0) is 18.2. The average Bonchev–Trinajstić information content (AvgIpc) is 3.33. The van der Waals surface area contributed by atoms with Gasteiger partial charge in [0.1, 0.15) is 11.6 Å². The Bertz CT molecular complexity index is 801. The molecule has 0 saturated heterocycles. The first-order valence-corrected chi connectivity index (χ1v) is 7.45. The predicted molar refractivity (Wildman–Crippen MR) is 81.4 cm³/mol. The lowest BCUT2D eigenvalue weighted by Crippen LogP contribution is -2.22. The van der Waals surface area contributed by atoms with Crippen molar-refractivity contribution in [1.82, 2.24) is 10.2 Å². The Labute approximate surface area is 140 Å². The minimum absolute atomic E-state index is 0.00614. The number of carbonyl (C=O) groups excluding carboxylic acids is 1. The van der Waals surface area contributed by atoms with Crippen LogP contribution in [0.15, 0.2) is 30.3 Å². The SMILES string of the molecule is NC(=O)c1ccc(NCC2(c3cc(F)cc(C(F)(F)F)c3)CC2)nn1. The third-order valence-electron chi connectivity index (χ3n) is 4.22. The summed E-state index contributed by atoms with van der Waals surface area (Å²) in [6.45, 7) is 0.276. The van der Waals surface area contributed by atoms with Crippen molar-refractivity contribution in [1.29, 1.82) is 0 Å². The fourth-order valence-electron chi connectivity index (χ4n) is 2.60. The molecule has 0 radical (unpaired) electrons. The molecule has 2 aromatic rings. The standard InChI is InChI=1S/C16H14F4N4O/c17-11-6-9(5-10(7-11)16(18,19)20)15(3-4-15)8-22-13-2-1-12(14(21)25)23-24-13/h1-2,5-7H,3-4,8H2,(H2,21,25)(H,22,24). The van der Waals surface area contributed by atoms with Crippen LogP contribution in [-0.2, 0) is 11.6 Å². The summed E-state index contributed by atoms with van der Waals surface area (Å²) in [6, 6.07) is 5.49. The summed E-state index contributed by atoms with van der Waals surface area (Å²) in [5, 5.41) is 10.4. The monoisotopic (exact) mass is 354 g/mol. The maximum absolute atomic E-state index is 13.6. The Hall–Kier alpha value is -2.71. The second-order valence-electron chi connectivity index (χ2n) is 6.03. The smallest absolute Gasteiger partial charge is 0.368 e. The molecule has 5 nitrogen and oxygen atoms in total. The number of anilines is 1. The third kappa shape index (κ3) is 3.70. The van der Waals surface area contributed by atoms with E-state index in [1.807, 2.05) is 0 Å². The van der Waals surface area contributed by atoms with Gasteiger partial charge in [0.05, 0.1) is 5.56 Å². The molecule has 0 spiro atoms. The zero-order valence-corrected chi connectivity index (χ0v) is 12.9. The molecule has 0 bridgehead atoms. The molecule has 3 rings (SSSR count). The van der Waals surface area contributed by atoms with Gasteiger partial charge in [-0.1, -0.05) is 0 Å². The molecule has 1 saturated carbocycles. The van der Waals surface area contributed by atoms with Crippen LogP contribution < -0.4 is 11.1 Å². The molecule has 132 valence electrons. The highest BCUT2D eigenvalue weighted by atomic mass is 19.4. The molecular formula is C16H14F4N4O. The topological polar surface area (TPSA) is 80.9 Å². The minimum atomic E-state index is -4.60. The summed E-state index contributed by atoms with van der Waals surface area (Å²) in [5.74, 6) is -1.28. The van der Waals surface area contributed by atoms with Crippen LogP contribution in [-0.4, -0.2) is 22.6 Å². The van der Waals surface area contributed by atoms with Crippen LogP contribution in [0.2, 0.25) is 0 Å². The molecule has 0 aliphatic heterocycles. The molecular weight excluding hydrogens is 340 g/mol. The molecule has 3 N–H and O–H groups in total. The maximum Gasteiger partial charge on any atom is 0.416 e. The summed E-state index contributed by atoms with van der Waals surface area (Å²) in [5.41, 5.74) is 3.80. The zero-order valence-electron chi connectivity index (χ0n) is 12.9. The number of nitrogens with one attached hydrogen (secondary N) is 1. The highest BCUT2D eigenvalue weighted by Crippen LogP contribution is 2.49. The number of nitrogens with two attached hydrogens (primary N) is 1. The minimum Gasteiger partial charge on any atom is -0.368 e. The van der Waals surface area contributed by atoms with Crippen molar-refractivity contribution < 1.29 is 22.4 Å². The summed E-state index contributed by atoms with van der Waals surface area (Å²) >= 11 is 0. The van der Waals surface area contributed by atoms with Gasteiger partial charge >= 0.3 is 6.18 Å². The van der Waals surface area contributed by atoms with Crippen LogP contribution >= 0.6 is 0 Å². The highest BCUT2D eigenvalue weighted by Gasteiger charge is 2.45. The second-order valence-corrected chi connectivity index (χ2v) is 6.03. The Balaban J connectivity index is 1.77. The first kappa shape index (κ1) is 17.1. The van der Waals surface area contributed by atoms with Gasteiger partial charge in [0.2, 0.25) is 0 Å². The van der Waals surface area contributed by atoms with Gasteiger partial charge in [0, 0.05) is 12.0 Å². The van der Waals surface area contributed by atoms with Gasteiger partial charge in [-0.05, 0) is 48.7 Å². The second kappa shape index (κ2) is 5.98. The number of rotatable bonds is 5. The number of hydrogen-bond donors (Lipinski definition) is 2. The van der Waals surface area contributed by atoms with Crippen molar-refractivity contribution in [2.24, 2.45) is 5.73 Å². The van der Waals surface area contributed by atoms with Crippen molar-refractivity contribution in [2.45, 2.75) is 24.4 Å². The van der Waals surface area contributed by atoms with Crippen molar-refractivity contribution in [3.8, 4) is 0 Å². The lowest BCUT2D eigenvalue weighted by molar-refractivity contribution is -0.137. The van der Waals surface area contributed by atoms with Gasteiger partial charge in [0.15, 0.2) is 5.69 Å². The van der Waals surface area contributed by atoms with E-state index in [2.05, 4.69) is 15.5 Å². The van der Waals surface area contributed by atoms with Gasteiger partial charge < -0.3 is 11.1 Å². The lowest BCUT2D eigenvalue weighted by atomic mass is 9.94. The molecule has 1 aliphatic carbocycles. The molecule has 9 heteroatoms. The molecule has 0 unspecified atom stereocenters. The molecule has 1 aliphatic rings. The molecule has 0 atom stereocenters. The molecule has 1 heterocycles. The van der Waals surface area contributed by atoms with Crippen LogP contribution in [0.1, 0.15) is 34.5 Å². The fourth-order valence-corrected chi connectivity index (χ4v) is 2.60. The Kier molecular flexibility index (Phi) is 4.09. The van der Waals surface area contributed by atoms with Crippen LogP contribution in [0, 0.1) is 5.82 Å². The van der Waals surface area contributed by atoms with Crippen molar-refractivity contribution >= 4 is 11.7 Å². The van der Waals surface area contributed by atoms with Crippen molar-refractivity contribution in [2.75, 3.05) is 11.9 Å². The molecule has 1 fully saturated rings. The van der Waals surface area contributed by atoms with E-state index in [1.165, 1.54) is 12.1 Å². The predicted octanol–water partition coefficient (Wildman–Crippen LogP) is 2.88. The van der Waals surface area contributed by atoms with Gasteiger partial charge in [-0.2, -0.15) is 13.2 Å². The number of hydrogen-bond acceptors (Lipinski definition) is 4. The number of halogens is 4. The van der Waals surface area contributed by atoms with Gasteiger partial charge in [-0.25, -0.2) is 4.39 Å². The van der Waals surface area contributed by atoms with E-state index in [4.69, 9.17) is 5.73 Å². The van der Waals surface area contributed by atoms with Gasteiger partial charge in [-0.15, -0.1) is 10.2 Å². The molecule has 1 amide bonds.